The first-order chi connectivity index (χ1) is 28.9. The second-order valence-electron chi connectivity index (χ2n) is 14.2. The molecule has 5 rings (SSSR count). The fourth-order valence-electron chi connectivity index (χ4n) is 6.93. The standard InChI is InChI=1S/C30H42O32/c31-1-2(32)16(21(42)43)58-27(8(1)38)55-13-5(35)10(40)29(60-18(13)23(46)47)57-15-6(36)11(41)30(61-20(15)26(51)62-52)56-14-4(34)9(39)28(59-19(14)24(48)49)54-12-3(33)7(37)25(50)53-17(12)22(44)45/h1-20,25,27-41,50,52H,(H,42,43)(H,44,45)(H,46,47)(H,48,49)/t1-,2+,3+,4+,5+,6+,7+,8+,9+,10+,11+,12+,13+,14+,15+,16-,17-,18-,19-,20-,25-,27-,28-,29-,30-/m0/s1. The van der Waals surface area contributed by atoms with Gasteiger partial charge in [0.15, 0.2) is 62.0 Å². The van der Waals surface area contributed by atoms with E-state index in [1.807, 2.05) is 0 Å². The Kier molecular flexibility index (Phi) is 15.7. The second-order valence-corrected chi connectivity index (χ2v) is 14.2. The van der Waals surface area contributed by atoms with Gasteiger partial charge in [-0.2, -0.15) is 5.26 Å². The van der Waals surface area contributed by atoms with Gasteiger partial charge < -0.3 is 124 Å². The maximum atomic E-state index is 12.7. The summed E-state index contributed by atoms with van der Waals surface area (Å²) in [5.41, 5.74) is 0. The van der Waals surface area contributed by atoms with Gasteiger partial charge in [0, 0.05) is 0 Å². The Morgan fingerprint density at radius 2 is 0.597 bits per heavy atom. The van der Waals surface area contributed by atoms with Crippen molar-refractivity contribution in [3.05, 3.63) is 0 Å². The van der Waals surface area contributed by atoms with E-state index in [0.717, 1.165) is 0 Å². The van der Waals surface area contributed by atoms with E-state index in [0.29, 0.717) is 0 Å². The molecule has 62 heavy (non-hydrogen) atoms. The molecule has 5 saturated heterocycles. The summed E-state index contributed by atoms with van der Waals surface area (Å²) in [6.45, 7) is 0. The molecule has 0 radical (unpaired) electrons. The molecule has 0 amide bonds. The Bertz CT molecular complexity index is 1620. The molecule has 0 aliphatic carbocycles. The largest absolute Gasteiger partial charge is 0.479 e. The van der Waals surface area contributed by atoms with Crippen LogP contribution in [0.5, 0.6) is 0 Å². The van der Waals surface area contributed by atoms with Gasteiger partial charge in [0.2, 0.25) is 0 Å². The summed E-state index contributed by atoms with van der Waals surface area (Å²) < 4.78 is 46.0. The van der Waals surface area contributed by atoms with Crippen LogP contribution in [-0.2, 0) is 71.5 Å². The van der Waals surface area contributed by atoms with E-state index in [1.165, 1.54) is 0 Å². The molecular weight excluding hydrogens is 872 g/mol. The molecule has 0 saturated carbocycles. The molecule has 5 heterocycles. The van der Waals surface area contributed by atoms with Crippen molar-refractivity contribution in [2.75, 3.05) is 0 Å². The van der Waals surface area contributed by atoms with Crippen molar-refractivity contribution in [2.45, 2.75) is 154 Å². The molecule has 0 aromatic carbocycles. The van der Waals surface area contributed by atoms with Crippen molar-refractivity contribution in [3.8, 4) is 0 Å². The zero-order valence-corrected chi connectivity index (χ0v) is 30.7. The molecule has 5 aliphatic heterocycles. The molecular formula is C30H42O32. The van der Waals surface area contributed by atoms with Gasteiger partial charge in [0.25, 0.3) is 0 Å². The first-order valence-corrected chi connectivity index (χ1v) is 17.8. The minimum absolute atomic E-state index is 1.88. The van der Waals surface area contributed by atoms with Gasteiger partial charge >= 0.3 is 29.8 Å². The lowest BCUT2D eigenvalue weighted by atomic mass is 9.95. The highest BCUT2D eigenvalue weighted by atomic mass is 17.1. The fourth-order valence-corrected chi connectivity index (χ4v) is 6.93. The summed E-state index contributed by atoms with van der Waals surface area (Å²) in [6, 6.07) is 0. The van der Waals surface area contributed by atoms with E-state index in [9.17, 15) is 111 Å². The average molecular weight is 915 g/mol. The molecule has 0 spiro atoms. The summed E-state index contributed by atoms with van der Waals surface area (Å²) in [5.74, 6) is -9.78. The third-order valence-electron chi connectivity index (χ3n) is 10.2. The molecule has 5 fully saturated rings. The third-order valence-corrected chi connectivity index (χ3v) is 10.2. The van der Waals surface area contributed by atoms with Gasteiger partial charge in [-0.05, 0) is 0 Å². The highest BCUT2D eigenvalue weighted by molar-refractivity contribution is 5.76. The van der Waals surface area contributed by atoms with Crippen LogP contribution in [0.15, 0.2) is 0 Å². The number of carboxylic acids is 4. The van der Waals surface area contributed by atoms with E-state index >= 15 is 0 Å². The van der Waals surface area contributed by atoms with Crippen molar-refractivity contribution in [1.82, 2.24) is 0 Å². The van der Waals surface area contributed by atoms with Crippen LogP contribution in [0.4, 0.5) is 0 Å². The summed E-state index contributed by atoms with van der Waals surface area (Å²) in [5, 5.41) is 173. The normalized spacial score (nSPS) is 48.8. The van der Waals surface area contributed by atoms with Crippen LogP contribution >= 0.6 is 0 Å². The van der Waals surface area contributed by atoms with E-state index in [4.69, 9.17) is 37.9 Å². The van der Waals surface area contributed by atoms with Crippen molar-refractivity contribution in [3.63, 3.8) is 0 Å². The van der Waals surface area contributed by atoms with Gasteiger partial charge in [-0.15, -0.1) is 0 Å². The minimum Gasteiger partial charge on any atom is -0.479 e. The maximum Gasteiger partial charge on any atom is 0.373 e. The lowest BCUT2D eigenvalue weighted by Crippen LogP contribution is -2.69. The topological polar surface area (TPSA) is 522 Å². The van der Waals surface area contributed by atoms with Crippen LogP contribution in [0.25, 0.3) is 0 Å². The number of carboxylic acid groups (broad SMARTS) is 4. The molecule has 0 unspecified atom stereocenters. The van der Waals surface area contributed by atoms with E-state index < -0.39 is 183 Å². The highest BCUT2D eigenvalue weighted by Crippen LogP contribution is 2.36. The summed E-state index contributed by atoms with van der Waals surface area (Å²) >= 11 is 0. The fraction of sp³-hybridized carbons (Fsp3) is 0.833. The number of ether oxygens (including phenoxy) is 9. The summed E-state index contributed by atoms with van der Waals surface area (Å²) in [7, 11) is 0. The Hall–Kier alpha value is -3.53. The van der Waals surface area contributed by atoms with E-state index in [1.54, 1.807) is 0 Å². The third kappa shape index (κ3) is 9.61. The quantitative estimate of drug-likeness (QED) is 0.0602. The Morgan fingerprint density at radius 3 is 0.935 bits per heavy atom. The molecule has 32 heteroatoms. The van der Waals surface area contributed by atoms with Gasteiger partial charge in [-0.25, -0.2) is 24.0 Å². The number of aliphatic hydroxyl groups is 12. The maximum absolute atomic E-state index is 12.7. The van der Waals surface area contributed by atoms with Crippen molar-refractivity contribution >= 4 is 29.8 Å². The van der Waals surface area contributed by atoms with Gasteiger partial charge in [0.1, 0.15) is 91.6 Å². The predicted octanol–water partition coefficient (Wildman–Crippen LogP) is -11.5. The van der Waals surface area contributed by atoms with Gasteiger partial charge in [-0.1, -0.05) is 0 Å². The molecule has 17 N–H and O–H groups in total. The molecule has 0 aromatic heterocycles. The van der Waals surface area contributed by atoms with Gasteiger partial charge in [0.05, 0.1) is 0 Å². The van der Waals surface area contributed by atoms with E-state index in [2.05, 4.69) is 9.62 Å². The molecule has 0 aromatic rings. The van der Waals surface area contributed by atoms with E-state index in [-0.39, 0.29) is 0 Å². The number of aliphatic hydroxyl groups excluding tert-OH is 12. The molecule has 354 valence electrons. The molecule has 32 nitrogen and oxygen atoms in total. The summed E-state index contributed by atoms with van der Waals surface area (Å²) in [6.07, 6.45) is -60.0. The first-order valence-electron chi connectivity index (χ1n) is 17.8. The molecule has 25 atom stereocenters. The zero-order valence-electron chi connectivity index (χ0n) is 30.7. The second kappa shape index (κ2) is 19.7. The minimum atomic E-state index is -2.59. The Labute approximate surface area is 342 Å². The Balaban J connectivity index is 1.32. The van der Waals surface area contributed by atoms with Crippen LogP contribution in [0, 0.1) is 0 Å². The number of aliphatic carboxylic acids is 4. The number of rotatable bonds is 13. The van der Waals surface area contributed by atoms with Crippen LogP contribution in [-0.4, -0.2) is 270 Å². The van der Waals surface area contributed by atoms with Crippen LogP contribution < -0.4 is 0 Å². The molecule has 0 bridgehead atoms. The van der Waals surface area contributed by atoms with Crippen LogP contribution in [0.1, 0.15) is 0 Å². The summed E-state index contributed by atoms with van der Waals surface area (Å²) in [4.78, 5) is 64.0. The SMILES string of the molecule is O=C(O)[C@H]1O[C@H](O[C@@H]2[C@H](O)[C@@H](O)[C@@H](O[C@@H]3[C@H](O)[C@@H](O)[C@@H](O[C@@H]4[C@H](O)[C@@H](O)[C@@H](O[C@@H]5[C@H](O)[C@@H](O)[C@@H](O)O[C@@H]5C(=O)O)O[C@@H]4C(=O)O)O[C@@H]3C(=O)OO)O[C@@H]2C(=O)O)[C@H](O)[C@@H](O)[C@H]1O. The lowest BCUT2D eigenvalue weighted by molar-refractivity contribution is -0.385. The van der Waals surface area contributed by atoms with Crippen LogP contribution in [0.3, 0.4) is 0 Å². The van der Waals surface area contributed by atoms with Crippen molar-refractivity contribution in [2.24, 2.45) is 0 Å². The first kappa shape index (κ1) is 49.5. The number of carbonyl (C=O) groups is 5. The monoisotopic (exact) mass is 914 g/mol. The zero-order chi connectivity index (χ0) is 46.4. The number of carbonyl (C=O) groups excluding carboxylic acids is 1. The smallest absolute Gasteiger partial charge is 0.373 e. The number of hydrogen-bond acceptors (Lipinski definition) is 28. The molecule has 5 aliphatic rings. The average Bonchev–Trinajstić information content (AvgIpc) is 3.21. The van der Waals surface area contributed by atoms with Gasteiger partial charge in [-0.3, -0.25) is 4.89 Å². The van der Waals surface area contributed by atoms with Crippen molar-refractivity contribution < 1.29 is 158 Å². The Morgan fingerprint density at radius 1 is 0.323 bits per heavy atom. The predicted molar refractivity (Wildman–Crippen MR) is 170 cm³/mol. The van der Waals surface area contributed by atoms with Crippen LogP contribution in [0.2, 0.25) is 0 Å². The lowest BCUT2D eigenvalue weighted by Gasteiger charge is -2.48. The van der Waals surface area contributed by atoms with Crippen molar-refractivity contribution in [1.29, 1.82) is 0 Å². The highest BCUT2D eigenvalue weighted by Gasteiger charge is 2.59. The number of hydrogen-bond donors (Lipinski definition) is 17.